The molecule has 4 atom stereocenters. The number of amides is 3. The summed E-state index contributed by atoms with van der Waals surface area (Å²) < 4.78 is 56.9. The maximum atomic E-state index is 14.4. The van der Waals surface area contributed by atoms with E-state index in [1.165, 1.54) is 35.5 Å². The zero-order valence-electron chi connectivity index (χ0n) is 30.2. The lowest BCUT2D eigenvalue weighted by Crippen LogP contribution is -2.48. The minimum atomic E-state index is -3.87. The summed E-state index contributed by atoms with van der Waals surface area (Å²) in [5, 5.41) is 15.8. The molecule has 14 nitrogen and oxygen atoms in total. The van der Waals surface area contributed by atoms with Gasteiger partial charge in [-0.15, -0.1) is 0 Å². The molecule has 0 aromatic heterocycles. The number of ether oxygens (including phenoxy) is 5. The fourth-order valence-corrected chi connectivity index (χ4v) is 7.19. The molecule has 0 spiro atoms. The summed E-state index contributed by atoms with van der Waals surface area (Å²) in [7, 11) is -0.850. The number of methoxy groups -OCH3 is 1. The van der Waals surface area contributed by atoms with Crippen LogP contribution in [-0.4, -0.2) is 100 Å². The van der Waals surface area contributed by atoms with E-state index < -0.39 is 34.1 Å². The summed E-state index contributed by atoms with van der Waals surface area (Å²) in [6.07, 6.45) is 1.34. The van der Waals surface area contributed by atoms with Crippen LogP contribution in [-0.2, 0) is 14.8 Å². The third-order valence-corrected chi connectivity index (χ3v) is 11.0. The molecule has 0 aliphatic carbocycles. The number of nitrogens with one attached hydrogen (secondary N) is 2. The molecule has 5 rings (SSSR count). The van der Waals surface area contributed by atoms with Crippen LogP contribution >= 0.6 is 0 Å². The normalized spacial score (nSPS) is 20.3. The summed E-state index contributed by atoms with van der Waals surface area (Å²) in [5.74, 6) is 1.21. The van der Waals surface area contributed by atoms with Gasteiger partial charge < -0.3 is 44.3 Å². The smallest absolute Gasteiger partial charge is 0.323 e. The Bertz CT molecular complexity index is 1810. The van der Waals surface area contributed by atoms with Gasteiger partial charge in [0.05, 0.1) is 42.4 Å². The molecule has 0 radical (unpaired) electrons. The lowest BCUT2D eigenvalue weighted by Gasteiger charge is -2.35. The summed E-state index contributed by atoms with van der Waals surface area (Å²) in [4.78, 5) is 29.1. The Labute approximate surface area is 305 Å². The Kier molecular flexibility index (Phi) is 12.9. The van der Waals surface area contributed by atoms with Crippen LogP contribution in [0.3, 0.4) is 0 Å². The highest BCUT2D eigenvalue weighted by Crippen LogP contribution is 2.34. The number of carbonyl (C=O) groups excluding carboxylic acids is 2. The quantitative estimate of drug-likeness (QED) is 0.266. The van der Waals surface area contributed by atoms with Gasteiger partial charge in [0, 0.05) is 50.1 Å². The Morgan fingerprint density at radius 2 is 1.67 bits per heavy atom. The highest BCUT2D eigenvalue weighted by molar-refractivity contribution is 7.89. The fraction of sp³-hybridized carbons (Fsp3) is 0.459. The average Bonchev–Trinajstić information content (AvgIpc) is 3.60. The Hall–Kier alpha value is -4.57. The van der Waals surface area contributed by atoms with Gasteiger partial charge >= 0.3 is 6.03 Å². The molecule has 15 heteroatoms. The standard InChI is InChI=1S/C37H48N4O10S/c1-24-20-41(25(2)22-42)36(43)31-18-27(38-37(44)39-28-10-16-33-34(19-28)50-23-49-33)9-15-32(31)51-26(3)8-6-7-17-48-35(24)21-40(4)52(45,46)30-13-11-29(47-5)12-14-30/h9-16,18-19,24-26,35,42H,6-8,17,20-23H2,1-5H3,(H2,38,39,44)/t24-,25+,26+,35+/m0/s1. The highest BCUT2D eigenvalue weighted by atomic mass is 32.2. The van der Waals surface area contributed by atoms with E-state index in [0.717, 1.165) is 12.8 Å². The molecular formula is C37H48N4O10S. The van der Waals surface area contributed by atoms with Crippen LogP contribution in [0.5, 0.6) is 23.0 Å². The molecule has 3 aromatic carbocycles. The summed E-state index contributed by atoms with van der Waals surface area (Å²) in [5.41, 5.74) is 1.04. The molecule has 2 aliphatic rings. The molecule has 2 aliphatic heterocycles. The second-order valence-electron chi connectivity index (χ2n) is 13.1. The second-order valence-corrected chi connectivity index (χ2v) is 15.2. The van der Waals surface area contributed by atoms with Gasteiger partial charge in [-0.1, -0.05) is 6.92 Å². The lowest BCUT2D eigenvalue weighted by molar-refractivity contribution is -0.00834. The second kappa shape index (κ2) is 17.3. The molecule has 52 heavy (non-hydrogen) atoms. The van der Waals surface area contributed by atoms with Crippen LogP contribution in [0.25, 0.3) is 0 Å². The van der Waals surface area contributed by atoms with Gasteiger partial charge in [0.2, 0.25) is 16.8 Å². The minimum Gasteiger partial charge on any atom is -0.497 e. The van der Waals surface area contributed by atoms with Gasteiger partial charge in [-0.2, -0.15) is 4.31 Å². The van der Waals surface area contributed by atoms with Gasteiger partial charge in [-0.25, -0.2) is 13.2 Å². The maximum absolute atomic E-state index is 14.4. The van der Waals surface area contributed by atoms with E-state index in [9.17, 15) is 23.1 Å². The van der Waals surface area contributed by atoms with E-state index in [0.29, 0.717) is 47.4 Å². The van der Waals surface area contributed by atoms with Crippen LogP contribution in [0.4, 0.5) is 16.2 Å². The van der Waals surface area contributed by atoms with Crippen molar-refractivity contribution in [2.24, 2.45) is 5.92 Å². The molecular weight excluding hydrogens is 692 g/mol. The first-order valence-corrected chi connectivity index (χ1v) is 18.8. The van der Waals surface area contributed by atoms with Crippen molar-refractivity contribution in [3.8, 4) is 23.0 Å². The topological polar surface area (TPSA) is 165 Å². The first-order valence-electron chi connectivity index (χ1n) is 17.3. The van der Waals surface area contributed by atoms with E-state index in [1.807, 2.05) is 13.8 Å². The number of aliphatic hydroxyl groups is 1. The molecule has 0 unspecified atom stereocenters. The van der Waals surface area contributed by atoms with Gasteiger partial charge in [-0.05, 0) is 87.7 Å². The van der Waals surface area contributed by atoms with E-state index in [1.54, 1.807) is 55.5 Å². The van der Waals surface area contributed by atoms with Crippen molar-refractivity contribution >= 4 is 33.3 Å². The van der Waals surface area contributed by atoms with Crippen molar-refractivity contribution in [2.75, 3.05) is 57.9 Å². The summed E-state index contributed by atoms with van der Waals surface area (Å²) >= 11 is 0. The Balaban J connectivity index is 1.39. The van der Waals surface area contributed by atoms with Crippen LogP contribution < -0.4 is 29.6 Å². The maximum Gasteiger partial charge on any atom is 0.323 e. The third-order valence-electron chi connectivity index (χ3n) is 9.14. The first-order chi connectivity index (χ1) is 24.9. The van der Waals surface area contributed by atoms with Crippen LogP contribution in [0.2, 0.25) is 0 Å². The van der Waals surface area contributed by atoms with E-state index in [2.05, 4.69) is 10.6 Å². The van der Waals surface area contributed by atoms with Gasteiger partial charge in [0.25, 0.3) is 5.91 Å². The van der Waals surface area contributed by atoms with Crippen molar-refractivity contribution in [3.63, 3.8) is 0 Å². The van der Waals surface area contributed by atoms with Crippen LogP contribution in [0, 0.1) is 5.92 Å². The van der Waals surface area contributed by atoms with Crippen molar-refractivity contribution < 1.29 is 46.8 Å². The average molecular weight is 741 g/mol. The zero-order valence-corrected chi connectivity index (χ0v) is 31.0. The van der Waals surface area contributed by atoms with E-state index in [4.69, 9.17) is 23.7 Å². The Morgan fingerprint density at radius 3 is 2.37 bits per heavy atom. The molecule has 0 saturated heterocycles. The van der Waals surface area contributed by atoms with E-state index in [-0.39, 0.29) is 49.0 Å². The number of anilines is 2. The molecule has 0 fully saturated rings. The Morgan fingerprint density at radius 1 is 1.00 bits per heavy atom. The minimum absolute atomic E-state index is 0.0354. The number of urea groups is 1. The largest absolute Gasteiger partial charge is 0.497 e. The van der Waals surface area contributed by atoms with Gasteiger partial charge in [0.1, 0.15) is 11.5 Å². The number of nitrogens with zero attached hydrogens (tertiary/aromatic N) is 2. The van der Waals surface area contributed by atoms with Crippen molar-refractivity contribution in [3.05, 3.63) is 66.2 Å². The number of aliphatic hydroxyl groups excluding tert-OH is 1. The monoisotopic (exact) mass is 740 g/mol. The fourth-order valence-electron chi connectivity index (χ4n) is 6.01. The number of sulfonamides is 1. The molecule has 0 bridgehead atoms. The zero-order chi connectivity index (χ0) is 37.4. The highest BCUT2D eigenvalue weighted by Gasteiger charge is 2.32. The number of rotatable bonds is 9. The first kappa shape index (κ1) is 38.7. The van der Waals surface area contributed by atoms with Gasteiger partial charge in [-0.3, -0.25) is 4.79 Å². The summed E-state index contributed by atoms with van der Waals surface area (Å²) in [6.45, 7) is 5.90. The molecule has 0 saturated carbocycles. The molecule has 282 valence electrons. The van der Waals surface area contributed by atoms with Crippen molar-refractivity contribution in [1.29, 1.82) is 0 Å². The molecule has 3 amide bonds. The van der Waals surface area contributed by atoms with Gasteiger partial charge in [0.15, 0.2) is 11.5 Å². The molecule has 3 aromatic rings. The van der Waals surface area contributed by atoms with Crippen LogP contribution in [0.1, 0.15) is 50.4 Å². The predicted octanol–water partition coefficient (Wildman–Crippen LogP) is 5.18. The third kappa shape index (κ3) is 9.45. The predicted molar refractivity (Wildman–Crippen MR) is 195 cm³/mol. The number of hydrogen-bond acceptors (Lipinski definition) is 10. The molecule has 2 heterocycles. The lowest BCUT2D eigenvalue weighted by atomic mass is 10.0. The van der Waals surface area contributed by atoms with Crippen molar-refractivity contribution in [1.82, 2.24) is 9.21 Å². The number of likely N-dealkylation sites (N-methyl/N-ethyl adjacent to an activating group) is 1. The molecule has 3 N–H and O–H groups in total. The van der Waals surface area contributed by atoms with Crippen LogP contribution in [0.15, 0.2) is 65.6 Å². The summed E-state index contributed by atoms with van der Waals surface area (Å²) in [6, 6.07) is 14.9. The van der Waals surface area contributed by atoms with E-state index >= 15 is 0 Å². The number of hydrogen-bond donors (Lipinski definition) is 3. The number of fused-ring (bicyclic) bond motifs is 2. The SMILES string of the molecule is COc1ccc(S(=O)(=O)N(C)C[C@H]2OCCCC[C@@H](C)Oc3ccc(NC(=O)Nc4ccc5c(c4)OCO5)cc3C(=O)N([C@H](C)CO)C[C@@H]2C)cc1. The van der Waals surface area contributed by atoms with Crippen molar-refractivity contribution in [2.45, 2.75) is 63.2 Å². The number of carbonyl (C=O) groups is 2. The number of benzene rings is 3.